The first kappa shape index (κ1) is 21.3. The molecule has 0 aliphatic heterocycles. The molecule has 6 nitrogen and oxygen atoms in total. The second-order valence-electron chi connectivity index (χ2n) is 6.67. The Kier molecular flexibility index (Phi) is 7.94. The van der Waals surface area contributed by atoms with Crippen LogP contribution < -0.4 is 5.32 Å². The van der Waals surface area contributed by atoms with Gasteiger partial charge in [0.1, 0.15) is 5.92 Å². The van der Waals surface area contributed by atoms with Gasteiger partial charge in [-0.05, 0) is 23.7 Å². The van der Waals surface area contributed by atoms with Gasteiger partial charge < -0.3 is 4.74 Å². The number of methoxy groups -OCH3 is 1. The number of nitriles is 1. The van der Waals surface area contributed by atoms with Crippen molar-refractivity contribution in [1.29, 1.82) is 5.26 Å². The number of benzene rings is 1. The van der Waals surface area contributed by atoms with Crippen LogP contribution in [-0.2, 0) is 14.3 Å². The Labute approximate surface area is 154 Å². The topological polar surface area (TPSA) is 96.3 Å². The molecule has 0 aliphatic rings. The number of hydrogen-bond acceptors (Lipinski definition) is 5. The van der Waals surface area contributed by atoms with Crippen LogP contribution in [-0.4, -0.2) is 33.0 Å². The Morgan fingerprint density at radius 3 is 2.42 bits per heavy atom. The van der Waals surface area contributed by atoms with E-state index in [4.69, 9.17) is 4.74 Å². The lowest BCUT2D eigenvalue weighted by molar-refractivity contribution is -0.143. The maximum Gasteiger partial charge on any atom is 0.323 e. The van der Waals surface area contributed by atoms with Crippen molar-refractivity contribution in [2.24, 2.45) is 5.92 Å². The zero-order valence-corrected chi connectivity index (χ0v) is 16.3. The maximum absolute atomic E-state index is 12.4. The van der Waals surface area contributed by atoms with Gasteiger partial charge in [-0.15, -0.1) is 6.58 Å². The molecule has 2 amide bonds. The summed E-state index contributed by atoms with van der Waals surface area (Å²) in [6, 6.07) is 11.0. The molecular weight excluding hydrogens is 348 g/mol. The molecule has 1 rings (SSSR count). The predicted octanol–water partition coefficient (Wildman–Crippen LogP) is 2.91. The van der Waals surface area contributed by atoms with E-state index in [1.165, 1.54) is 7.11 Å². The monoisotopic (exact) mass is 372 g/mol. The zero-order valence-electron chi connectivity index (χ0n) is 15.3. The fraction of sp³-hybridized carbons (Fsp3) is 0.368. The summed E-state index contributed by atoms with van der Waals surface area (Å²) in [4.78, 5) is 36.6. The predicted molar refractivity (Wildman–Crippen MR) is 101 cm³/mol. The summed E-state index contributed by atoms with van der Waals surface area (Å²) in [5.74, 6) is -2.75. The molecule has 26 heavy (non-hydrogen) atoms. The molecule has 0 aliphatic carbocycles. The number of amides is 2. The highest BCUT2D eigenvalue weighted by atomic mass is 28.3. The molecule has 1 aromatic carbocycles. The number of imide groups is 1. The fourth-order valence-electron chi connectivity index (χ4n) is 2.84. The van der Waals surface area contributed by atoms with Gasteiger partial charge in [-0.2, -0.15) is 5.26 Å². The van der Waals surface area contributed by atoms with E-state index in [1.807, 2.05) is 19.2 Å². The van der Waals surface area contributed by atoms with Crippen LogP contribution in [0.3, 0.4) is 0 Å². The van der Waals surface area contributed by atoms with E-state index in [9.17, 15) is 19.6 Å². The summed E-state index contributed by atoms with van der Waals surface area (Å²) in [6.07, 6.45) is 1.64. The molecule has 0 aromatic heterocycles. The molecule has 1 aromatic rings. The molecule has 1 N–H and O–H groups in total. The van der Waals surface area contributed by atoms with Crippen molar-refractivity contribution < 1.29 is 19.1 Å². The highest BCUT2D eigenvalue weighted by Gasteiger charge is 2.42. The van der Waals surface area contributed by atoms with Gasteiger partial charge >= 0.3 is 5.97 Å². The Bertz CT molecular complexity index is 710. The first-order valence-corrected chi connectivity index (χ1v) is 11.5. The zero-order chi connectivity index (χ0) is 19.7. The van der Waals surface area contributed by atoms with Crippen LogP contribution in [0.5, 0.6) is 0 Å². The Morgan fingerprint density at radius 1 is 1.31 bits per heavy atom. The van der Waals surface area contributed by atoms with Crippen molar-refractivity contribution in [1.82, 2.24) is 5.32 Å². The number of allylic oxidation sites excluding steroid dienone is 1. The number of rotatable bonds is 8. The van der Waals surface area contributed by atoms with Crippen molar-refractivity contribution in [3.8, 4) is 6.07 Å². The second kappa shape index (κ2) is 9.68. The van der Waals surface area contributed by atoms with Gasteiger partial charge in [0.05, 0.1) is 21.3 Å². The van der Waals surface area contributed by atoms with E-state index in [0.717, 1.165) is 0 Å². The van der Waals surface area contributed by atoms with Crippen LogP contribution in [0.2, 0.25) is 24.7 Å². The van der Waals surface area contributed by atoms with Crippen LogP contribution in [0.1, 0.15) is 16.8 Å². The lowest BCUT2D eigenvalue weighted by Crippen LogP contribution is -2.42. The number of nitrogens with zero attached hydrogens (tertiary/aromatic N) is 1. The van der Waals surface area contributed by atoms with Crippen LogP contribution in [0.25, 0.3) is 0 Å². The van der Waals surface area contributed by atoms with Gasteiger partial charge in [-0.3, -0.25) is 19.7 Å². The number of hydrogen-bond donors (Lipinski definition) is 1. The Hall–Kier alpha value is -2.72. The number of carbonyl (C=O) groups is 3. The molecule has 0 bridgehead atoms. The van der Waals surface area contributed by atoms with Crippen molar-refractivity contribution in [3.05, 3.63) is 48.6 Å². The molecule has 0 fully saturated rings. The Balaban J connectivity index is 2.99. The Morgan fingerprint density at radius 2 is 1.92 bits per heavy atom. The molecule has 1 unspecified atom stereocenters. The molecule has 138 valence electrons. The van der Waals surface area contributed by atoms with E-state index in [1.54, 1.807) is 36.4 Å². The van der Waals surface area contributed by atoms with Gasteiger partial charge in [0.2, 0.25) is 5.91 Å². The first-order valence-electron chi connectivity index (χ1n) is 8.24. The van der Waals surface area contributed by atoms with Crippen molar-refractivity contribution >= 4 is 25.9 Å². The molecule has 0 heterocycles. The van der Waals surface area contributed by atoms with Crippen LogP contribution in [0, 0.1) is 17.2 Å². The van der Waals surface area contributed by atoms with Gasteiger partial charge in [-0.1, -0.05) is 37.4 Å². The number of nitrogens with one attached hydrogen (secondary N) is 1. The van der Waals surface area contributed by atoms with E-state index >= 15 is 0 Å². The molecule has 0 saturated carbocycles. The summed E-state index contributed by atoms with van der Waals surface area (Å²) < 4.78 is 4.73. The average Bonchev–Trinajstić information content (AvgIpc) is 2.61. The average molecular weight is 372 g/mol. The van der Waals surface area contributed by atoms with E-state index in [-0.39, 0.29) is 6.42 Å². The molecule has 0 radical (unpaired) electrons. The third kappa shape index (κ3) is 5.67. The van der Waals surface area contributed by atoms with Crippen LogP contribution in [0.4, 0.5) is 0 Å². The highest BCUT2D eigenvalue weighted by molar-refractivity contribution is 6.79. The van der Waals surface area contributed by atoms with Crippen LogP contribution >= 0.6 is 0 Å². The third-order valence-corrected chi connectivity index (χ3v) is 8.25. The number of carbonyl (C=O) groups excluding carboxylic acids is 3. The smallest absolute Gasteiger partial charge is 0.323 e. The first-order chi connectivity index (χ1) is 12.3. The van der Waals surface area contributed by atoms with Gasteiger partial charge in [0, 0.05) is 12.0 Å². The SMILES string of the molecule is C=CC[Si](C)(C)[C@@H](CC(=O)NC(=O)c1ccccc1)C(C#N)C(=O)OC. The minimum absolute atomic E-state index is 0.0983. The quantitative estimate of drug-likeness (QED) is 0.430. The summed E-state index contributed by atoms with van der Waals surface area (Å²) in [7, 11) is -0.989. The molecule has 7 heteroatoms. The second-order valence-corrected chi connectivity index (χ2v) is 11.8. The van der Waals surface area contributed by atoms with E-state index in [0.29, 0.717) is 11.6 Å². The van der Waals surface area contributed by atoms with Gasteiger partial charge in [0.25, 0.3) is 5.91 Å². The molecule has 2 atom stereocenters. The van der Waals surface area contributed by atoms with Crippen molar-refractivity contribution in [2.75, 3.05) is 7.11 Å². The van der Waals surface area contributed by atoms with Crippen molar-refractivity contribution in [3.63, 3.8) is 0 Å². The molecule has 0 saturated heterocycles. The third-order valence-electron chi connectivity index (χ3n) is 4.37. The lowest BCUT2D eigenvalue weighted by atomic mass is 10.0. The largest absolute Gasteiger partial charge is 0.468 e. The minimum Gasteiger partial charge on any atom is -0.468 e. The van der Waals surface area contributed by atoms with Gasteiger partial charge in [-0.25, -0.2) is 0 Å². The number of esters is 1. The van der Waals surface area contributed by atoms with Crippen molar-refractivity contribution in [2.45, 2.75) is 31.1 Å². The molecule has 0 spiro atoms. The normalized spacial score (nSPS) is 13.0. The fourth-order valence-corrected chi connectivity index (χ4v) is 5.74. The standard InChI is InChI=1S/C19H24N2O4Si/c1-5-11-26(3,4)16(15(13-20)19(24)25-2)12-17(22)21-18(23)14-9-7-6-8-10-14/h5-10,15-16H,1,11-12H2,2-4H3,(H,21,22,23)/t15?,16-/m0/s1. The lowest BCUT2D eigenvalue weighted by Gasteiger charge is -2.33. The maximum atomic E-state index is 12.4. The minimum atomic E-state index is -2.20. The van der Waals surface area contributed by atoms with E-state index < -0.39 is 37.3 Å². The molecular formula is C19H24N2O4Si. The number of ether oxygens (including phenoxy) is 1. The highest BCUT2D eigenvalue weighted by Crippen LogP contribution is 2.36. The van der Waals surface area contributed by atoms with Gasteiger partial charge in [0.15, 0.2) is 0 Å². The van der Waals surface area contributed by atoms with E-state index in [2.05, 4.69) is 11.9 Å². The summed E-state index contributed by atoms with van der Waals surface area (Å²) in [5.41, 5.74) is -0.133. The van der Waals surface area contributed by atoms with Crippen LogP contribution in [0.15, 0.2) is 43.0 Å². The summed E-state index contributed by atoms with van der Waals surface area (Å²) in [5, 5.41) is 11.8. The summed E-state index contributed by atoms with van der Waals surface area (Å²) >= 11 is 0. The summed E-state index contributed by atoms with van der Waals surface area (Å²) in [6.45, 7) is 7.70.